The van der Waals surface area contributed by atoms with Gasteiger partial charge < -0.3 is 29.2 Å². The Bertz CT molecular complexity index is 851. The summed E-state index contributed by atoms with van der Waals surface area (Å²) in [6, 6.07) is 11.8. The van der Waals surface area contributed by atoms with E-state index in [0.717, 1.165) is 44.6 Å². The molecule has 1 saturated heterocycles. The third-order valence-electron chi connectivity index (χ3n) is 5.99. The summed E-state index contributed by atoms with van der Waals surface area (Å²) in [6.45, 7) is 2.81. The zero-order valence-electron chi connectivity index (χ0n) is 19.5. The van der Waals surface area contributed by atoms with Gasteiger partial charge in [-0.05, 0) is 56.0 Å². The fourth-order valence-electron chi connectivity index (χ4n) is 4.15. The number of methoxy groups -OCH3 is 4. The summed E-state index contributed by atoms with van der Waals surface area (Å²) in [6.07, 6.45) is 3.85. The first kappa shape index (κ1) is 23.7. The van der Waals surface area contributed by atoms with E-state index in [4.69, 9.17) is 18.9 Å². The van der Waals surface area contributed by atoms with Gasteiger partial charge in [-0.2, -0.15) is 0 Å². The number of nitrogens with zero attached hydrogens (tertiary/aromatic N) is 1. The third kappa shape index (κ3) is 6.29. The van der Waals surface area contributed by atoms with E-state index in [2.05, 4.69) is 22.3 Å². The van der Waals surface area contributed by atoms with Crippen molar-refractivity contribution < 1.29 is 23.7 Å². The lowest BCUT2D eigenvalue weighted by molar-refractivity contribution is -0.116. The smallest absolute Gasteiger partial charge is 0.225 e. The predicted molar refractivity (Wildman–Crippen MR) is 125 cm³/mol. The van der Waals surface area contributed by atoms with Crippen LogP contribution in [-0.4, -0.2) is 58.9 Å². The number of rotatable bonds is 10. The maximum absolute atomic E-state index is 12.5. The average Bonchev–Trinajstić information content (AvgIpc) is 2.83. The van der Waals surface area contributed by atoms with E-state index in [1.54, 1.807) is 40.6 Å². The molecule has 1 N–H and O–H groups in total. The highest BCUT2D eigenvalue weighted by Gasteiger charge is 2.20. The minimum Gasteiger partial charge on any atom is -0.497 e. The minimum atomic E-state index is -0.0281. The Morgan fingerprint density at radius 1 is 0.938 bits per heavy atom. The molecule has 0 spiro atoms. The van der Waals surface area contributed by atoms with Crippen molar-refractivity contribution in [3.8, 4) is 23.0 Å². The van der Waals surface area contributed by atoms with Crippen molar-refractivity contribution in [2.45, 2.75) is 25.7 Å². The van der Waals surface area contributed by atoms with Crippen molar-refractivity contribution >= 4 is 11.6 Å². The molecule has 0 aromatic heterocycles. The second-order valence-electron chi connectivity index (χ2n) is 8.05. The number of piperidine rings is 1. The molecule has 0 saturated carbocycles. The summed E-state index contributed by atoms with van der Waals surface area (Å²) >= 11 is 0. The van der Waals surface area contributed by atoms with Gasteiger partial charge in [0.15, 0.2) is 11.5 Å². The van der Waals surface area contributed by atoms with Crippen LogP contribution >= 0.6 is 0 Å². The lowest BCUT2D eigenvalue weighted by Gasteiger charge is -2.31. The summed E-state index contributed by atoms with van der Waals surface area (Å²) in [4.78, 5) is 14.9. The van der Waals surface area contributed by atoms with Crippen LogP contribution in [0.5, 0.6) is 23.0 Å². The average molecular weight is 443 g/mol. The number of nitrogens with one attached hydrogen (secondary N) is 1. The van der Waals surface area contributed by atoms with Gasteiger partial charge in [0.25, 0.3) is 0 Å². The standard InChI is InChI=1S/C25H34N2O5/c1-29-21-7-5-18(6-8-21)15-19-9-12-27(13-10-19)14-11-24(28)26-20-16-22(30-2)25(32-4)23(17-20)31-3/h5-8,16-17,19H,9-15H2,1-4H3,(H,26,28). The van der Waals surface area contributed by atoms with Crippen LogP contribution in [0.1, 0.15) is 24.8 Å². The lowest BCUT2D eigenvalue weighted by atomic mass is 9.90. The summed E-state index contributed by atoms with van der Waals surface area (Å²) in [7, 11) is 6.36. The molecule has 1 amide bonds. The Morgan fingerprint density at radius 2 is 1.56 bits per heavy atom. The highest BCUT2D eigenvalue weighted by atomic mass is 16.5. The molecule has 0 radical (unpaired) electrons. The Balaban J connectivity index is 1.44. The number of hydrogen-bond donors (Lipinski definition) is 1. The summed E-state index contributed by atoms with van der Waals surface area (Å²) in [5.41, 5.74) is 1.98. The molecular formula is C25H34N2O5. The van der Waals surface area contributed by atoms with Gasteiger partial charge in [-0.1, -0.05) is 12.1 Å². The van der Waals surface area contributed by atoms with Gasteiger partial charge in [-0.3, -0.25) is 4.79 Å². The molecule has 7 nitrogen and oxygen atoms in total. The van der Waals surface area contributed by atoms with Crippen LogP contribution in [-0.2, 0) is 11.2 Å². The van der Waals surface area contributed by atoms with E-state index < -0.39 is 0 Å². The highest BCUT2D eigenvalue weighted by molar-refractivity contribution is 5.91. The van der Waals surface area contributed by atoms with Crippen LogP contribution in [0.2, 0.25) is 0 Å². The van der Waals surface area contributed by atoms with Crippen molar-refractivity contribution in [3.05, 3.63) is 42.0 Å². The van der Waals surface area contributed by atoms with Gasteiger partial charge in [0.05, 0.1) is 28.4 Å². The molecular weight excluding hydrogens is 408 g/mol. The van der Waals surface area contributed by atoms with Crippen molar-refractivity contribution in [1.29, 1.82) is 0 Å². The maximum atomic E-state index is 12.5. The number of ether oxygens (including phenoxy) is 4. The third-order valence-corrected chi connectivity index (χ3v) is 5.99. The molecule has 2 aromatic rings. The fraction of sp³-hybridized carbons (Fsp3) is 0.480. The number of carbonyl (C=O) groups is 1. The molecule has 0 atom stereocenters. The summed E-state index contributed by atoms with van der Waals surface area (Å²) in [5, 5.41) is 2.94. The maximum Gasteiger partial charge on any atom is 0.225 e. The molecule has 3 rings (SSSR count). The van der Waals surface area contributed by atoms with Crippen molar-refractivity contribution in [3.63, 3.8) is 0 Å². The molecule has 0 bridgehead atoms. The molecule has 1 aliphatic heterocycles. The molecule has 1 fully saturated rings. The normalized spacial score (nSPS) is 14.6. The van der Waals surface area contributed by atoms with Gasteiger partial charge in [0, 0.05) is 30.8 Å². The number of carbonyl (C=O) groups excluding carboxylic acids is 1. The number of likely N-dealkylation sites (tertiary alicyclic amines) is 1. The monoisotopic (exact) mass is 442 g/mol. The largest absolute Gasteiger partial charge is 0.497 e. The molecule has 1 heterocycles. The van der Waals surface area contributed by atoms with Crippen LogP contribution in [0.3, 0.4) is 0 Å². The number of hydrogen-bond acceptors (Lipinski definition) is 6. The van der Waals surface area contributed by atoms with Crippen LogP contribution in [0, 0.1) is 5.92 Å². The number of benzene rings is 2. The lowest BCUT2D eigenvalue weighted by Crippen LogP contribution is -2.36. The van der Waals surface area contributed by atoms with Gasteiger partial charge in [-0.15, -0.1) is 0 Å². The van der Waals surface area contributed by atoms with Crippen LogP contribution in [0.25, 0.3) is 0 Å². The Hall–Kier alpha value is -2.93. The zero-order chi connectivity index (χ0) is 22.9. The van der Waals surface area contributed by atoms with Crippen LogP contribution < -0.4 is 24.3 Å². The highest BCUT2D eigenvalue weighted by Crippen LogP contribution is 2.40. The van der Waals surface area contributed by atoms with Crippen LogP contribution in [0.15, 0.2) is 36.4 Å². The van der Waals surface area contributed by atoms with E-state index >= 15 is 0 Å². The fourth-order valence-corrected chi connectivity index (χ4v) is 4.15. The summed E-state index contributed by atoms with van der Waals surface area (Å²) in [5.74, 6) is 3.09. The van der Waals surface area contributed by atoms with Crippen molar-refractivity contribution in [1.82, 2.24) is 4.90 Å². The predicted octanol–water partition coefficient (Wildman–Crippen LogP) is 4.00. The number of anilines is 1. The summed E-state index contributed by atoms with van der Waals surface area (Å²) < 4.78 is 21.3. The Kier molecular flexibility index (Phi) is 8.62. The number of amides is 1. The zero-order valence-corrected chi connectivity index (χ0v) is 19.5. The second kappa shape index (κ2) is 11.6. The molecule has 0 aliphatic carbocycles. The first-order valence-electron chi connectivity index (χ1n) is 11.0. The minimum absolute atomic E-state index is 0.0281. The molecule has 0 unspecified atom stereocenters. The van der Waals surface area contributed by atoms with Gasteiger partial charge in [0.2, 0.25) is 11.7 Å². The molecule has 1 aliphatic rings. The van der Waals surface area contributed by atoms with E-state index in [-0.39, 0.29) is 5.91 Å². The van der Waals surface area contributed by atoms with E-state index in [1.165, 1.54) is 5.56 Å². The molecule has 2 aromatic carbocycles. The topological polar surface area (TPSA) is 69.3 Å². The van der Waals surface area contributed by atoms with Gasteiger partial charge in [0.1, 0.15) is 5.75 Å². The van der Waals surface area contributed by atoms with E-state index in [0.29, 0.717) is 35.3 Å². The second-order valence-corrected chi connectivity index (χ2v) is 8.05. The molecule has 32 heavy (non-hydrogen) atoms. The first-order chi connectivity index (χ1) is 15.6. The molecule has 7 heteroatoms. The van der Waals surface area contributed by atoms with Crippen LogP contribution in [0.4, 0.5) is 5.69 Å². The Labute approximate surface area is 190 Å². The van der Waals surface area contributed by atoms with Gasteiger partial charge >= 0.3 is 0 Å². The quantitative estimate of drug-likeness (QED) is 0.600. The van der Waals surface area contributed by atoms with Crippen molar-refractivity contribution in [2.24, 2.45) is 5.92 Å². The molecule has 174 valence electrons. The SMILES string of the molecule is COc1ccc(CC2CCN(CCC(=O)Nc3cc(OC)c(OC)c(OC)c3)CC2)cc1. The first-order valence-corrected chi connectivity index (χ1v) is 11.0. The van der Waals surface area contributed by atoms with E-state index in [1.807, 2.05) is 12.1 Å². The van der Waals surface area contributed by atoms with Gasteiger partial charge in [-0.25, -0.2) is 0 Å². The van der Waals surface area contributed by atoms with Crippen molar-refractivity contribution in [2.75, 3.05) is 53.4 Å². The Morgan fingerprint density at radius 3 is 2.09 bits per heavy atom. The van der Waals surface area contributed by atoms with E-state index in [9.17, 15) is 4.79 Å².